The molecular formula is C11H11BrF2N4O2S. The molecule has 6 nitrogen and oxygen atoms in total. The van der Waals surface area contributed by atoms with Crippen LogP contribution < -0.4 is 0 Å². The number of halogens is 3. The molecular weight excluding hydrogens is 370 g/mol. The van der Waals surface area contributed by atoms with E-state index in [1.54, 1.807) is 0 Å². The third-order valence-electron chi connectivity index (χ3n) is 2.80. The maximum Gasteiger partial charge on any atom is 0.263 e. The molecule has 0 radical (unpaired) electrons. The van der Waals surface area contributed by atoms with Gasteiger partial charge in [-0.2, -0.15) is 4.31 Å². The van der Waals surface area contributed by atoms with Gasteiger partial charge >= 0.3 is 0 Å². The van der Waals surface area contributed by atoms with Crippen LogP contribution in [0, 0.1) is 11.6 Å². The maximum atomic E-state index is 13.6. The lowest BCUT2D eigenvalue weighted by Crippen LogP contribution is -2.29. The normalized spacial score (nSPS) is 12.1. The molecule has 0 N–H and O–H groups in total. The van der Waals surface area contributed by atoms with Crippen molar-refractivity contribution in [2.24, 2.45) is 7.05 Å². The second kappa shape index (κ2) is 5.78. The summed E-state index contributed by atoms with van der Waals surface area (Å²) in [6.45, 7) is -0.244. The first-order chi connectivity index (χ1) is 9.73. The van der Waals surface area contributed by atoms with E-state index in [0.717, 1.165) is 15.1 Å². The molecule has 0 unspecified atom stereocenters. The molecule has 0 fully saturated rings. The molecule has 10 heteroatoms. The molecule has 21 heavy (non-hydrogen) atoms. The lowest BCUT2D eigenvalue weighted by Gasteiger charge is -2.17. The highest BCUT2D eigenvalue weighted by atomic mass is 79.9. The monoisotopic (exact) mass is 380 g/mol. The molecule has 0 bridgehead atoms. The fourth-order valence-corrected chi connectivity index (χ4v) is 3.89. The third-order valence-corrected chi connectivity index (χ3v) is 5.49. The zero-order valence-corrected chi connectivity index (χ0v) is 13.5. The molecule has 1 heterocycles. The average Bonchev–Trinajstić information content (AvgIpc) is 2.72. The fraction of sp³-hybridized carbons (Fsp3) is 0.273. The largest absolute Gasteiger partial charge is 0.263 e. The summed E-state index contributed by atoms with van der Waals surface area (Å²) in [4.78, 5) is 0. The van der Waals surface area contributed by atoms with Crippen molar-refractivity contribution in [3.63, 3.8) is 0 Å². The Morgan fingerprint density at radius 1 is 1.38 bits per heavy atom. The van der Waals surface area contributed by atoms with Crippen LogP contribution in [0.2, 0.25) is 0 Å². The van der Waals surface area contributed by atoms with Gasteiger partial charge in [0, 0.05) is 32.3 Å². The summed E-state index contributed by atoms with van der Waals surface area (Å²) in [6.07, 6.45) is 0. The van der Waals surface area contributed by atoms with Crippen LogP contribution in [-0.4, -0.2) is 34.8 Å². The van der Waals surface area contributed by atoms with Crippen LogP contribution in [0.15, 0.2) is 27.8 Å². The van der Waals surface area contributed by atoms with Crippen molar-refractivity contribution < 1.29 is 17.2 Å². The molecule has 0 aliphatic heterocycles. The second-order valence-electron chi connectivity index (χ2n) is 4.31. The molecule has 2 rings (SSSR count). The molecule has 0 atom stereocenters. The first-order valence-corrected chi connectivity index (χ1v) is 7.92. The van der Waals surface area contributed by atoms with Gasteiger partial charge in [0.2, 0.25) is 5.03 Å². The predicted octanol–water partition coefficient (Wildman–Crippen LogP) is 1.68. The predicted molar refractivity (Wildman–Crippen MR) is 73.7 cm³/mol. The number of benzene rings is 1. The van der Waals surface area contributed by atoms with E-state index in [1.165, 1.54) is 20.2 Å². The van der Waals surface area contributed by atoms with E-state index < -0.39 is 21.7 Å². The molecule has 0 amide bonds. The van der Waals surface area contributed by atoms with Gasteiger partial charge in [-0.3, -0.25) is 0 Å². The van der Waals surface area contributed by atoms with Crippen molar-refractivity contribution in [2.45, 2.75) is 11.6 Å². The van der Waals surface area contributed by atoms with Crippen molar-refractivity contribution in [3.05, 3.63) is 40.0 Å². The Balaban J connectivity index is 2.33. The van der Waals surface area contributed by atoms with Crippen LogP contribution in [0.3, 0.4) is 0 Å². The van der Waals surface area contributed by atoms with E-state index in [1.807, 2.05) is 0 Å². The standard InChI is InChI=1S/C11H11BrF2N4O2S/c1-17(6-7-3-4-8(13)5-9(7)14)21(19,20)11-10(12)15-16-18(11)2/h3-5H,6H2,1-2H3. The number of aromatic nitrogens is 3. The van der Waals surface area contributed by atoms with Crippen LogP contribution in [-0.2, 0) is 23.6 Å². The zero-order chi connectivity index (χ0) is 15.8. The highest BCUT2D eigenvalue weighted by molar-refractivity contribution is 9.10. The second-order valence-corrected chi connectivity index (χ2v) is 7.02. The minimum atomic E-state index is -3.92. The number of sulfonamides is 1. The maximum absolute atomic E-state index is 13.6. The Bertz CT molecular complexity index is 759. The molecule has 0 saturated carbocycles. The van der Waals surface area contributed by atoms with Crippen molar-refractivity contribution >= 4 is 26.0 Å². The van der Waals surface area contributed by atoms with Crippen LogP contribution in [0.25, 0.3) is 0 Å². The van der Waals surface area contributed by atoms with Gasteiger partial charge in [-0.25, -0.2) is 21.9 Å². The van der Waals surface area contributed by atoms with E-state index in [4.69, 9.17) is 0 Å². The molecule has 0 spiro atoms. The van der Waals surface area contributed by atoms with Gasteiger partial charge < -0.3 is 0 Å². The summed E-state index contributed by atoms with van der Waals surface area (Å²) in [5.41, 5.74) is 0.0636. The van der Waals surface area contributed by atoms with Gasteiger partial charge in [0.15, 0.2) is 4.60 Å². The van der Waals surface area contributed by atoms with Crippen LogP contribution in [0.5, 0.6) is 0 Å². The molecule has 0 saturated heterocycles. The number of rotatable bonds is 4. The molecule has 1 aromatic heterocycles. The lowest BCUT2D eigenvalue weighted by molar-refractivity contribution is 0.446. The lowest BCUT2D eigenvalue weighted by atomic mass is 10.2. The first kappa shape index (κ1) is 16.0. The highest BCUT2D eigenvalue weighted by Gasteiger charge is 2.29. The van der Waals surface area contributed by atoms with Crippen molar-refractivity contribution in [2.75, 3.05) is 7.05 Å². The van der Waals surface area contributed by atoms with E-state index in [9.17, 15) is 17.2 Å². The van der Waals surface area contributed by atoms with Gasteiger partial charge in [-0.1, -0.05) is 11.3 Å². The molecule has 0 aliphatic rings. The van der Waals surface area contributed by atoms with E-state index >= 15 is 0 Å². The third kappa shape index (κ3) is 3.11. The van der Waals surface area contributed by atoms with E-state index in [2.05, 4.69) is 26.2 Å². The summed E-state index contributed by atoms with van der Waals surface area (Å²) in [5.74, 6) is -1.53. The smallest absolute Gasteiger partial charge is 0.235 e. The van der Waals surface area contributed by atoms with Crippen molar-refractivity contribution in [1.29, 1.82) is 0 Å². The van der Waals surface area contributed by atoms with E-state index in [-0.39, 0.29) is 21.7 Å². The summed E-state index contributed by atoms with van der Waals surface area (Å²) in [6, 6.07) is 2.98. The number of hydrogen-bond donors (Lipinski definition) is 0. The van der Waals surface area contributed by atoms with Crippen LogP contribution in [0.4, 0.5) is 8.78 Å². The van der Waals surface area contributed by atoms with Crippen molar-refractivity contribution in [3.8, 4) is 0 Å². The van der Waals surface area contributed by atoms with Gasteiger partial charge in [-0.05, 0) is 22.0 Å². The Morgan fingerprint density at radius 2 is 2.05 bits per heavy atom. The fourth-order valence-electron chi connectivity index (χ4n) is 1.72. The number of aryl methyl sites for hydroxylation is 1. The minimum absolute atomic E-state index is 0.0636. The SMILES string of the molecule is CN(Cc1ccc(F)cc1F)S(=O)(=O)c1c(Br)nnn1C. The highest BCUT2D eigenvalue weighted by Crippen LogP contribution is 2.23. The molecule has 0 aliphatic carbocycles. The number of nitrogens with zero attached hydrogens (tertiary/aromatic N) is 4. The van der Waals surface area contributed by atoms with Gasteiger partial charge in [-0.15, -0.1) is 5.10 Å². The number of hydrogen-bond acceptors (Lipinski definition) is 4. The summed E-state index contributed by atoms with van der Waals surface area (Å²) in [5, 5.41) is 7.05. The van der Waals surface area contributed by atoms with Gasteiger partial charge in [0.25, 0.3) is 10.0 Å². The Morgan fingerprint density at radius 3 is 2.57 bits per heavy atom. The van der Waals surface area contributed by atoms with Crippen LogP contribution >= 0.6 is 15.9 Å². The van der Waals surface area contributed by atoms with Gasteiger partial charge in [0.1, 0.15) is 11.6 Å². The molecule has 2 aromatic rings. The zero-order valence-electron chi connectivity index (χ0n) is 11.1. The topological polar surface area (TPSA) is 68.1 Å². The Hall–Kier alpha value is -1.39. The van der Waals surface area contributed by atoms with Gasteiger partial charge in [0.05, 0.1) is 0 Å². The summed E-state index contributed by atoms with van der Waals surface area (Å²) >= 11 is 3.01. The van der Waals surface area contributed by atoms with E-state index in [0.29, 0.717) is 6.07 Å². The van der Waals surface area contributed by atoms with Crippen LogP contribution in [0.1, 0.15) is 5.56 Å². The average molecular weight is 381 g/mol. The van der Waals surface area contributed by atoms with Crippen molar-refractivity contribution in [1.82, 2.24) is 19.3 Å². The molecule has 1 aromatic carbocycles. The Kier molecular flexibility index (Phi) is 4.40. The Labute approximate surface area is 128 Å². The quantitative estimate of drug-likeness (QED) is 0.808. The molecule has 114 valence electrons. The summed E-state index contributed by atoms with van der Waals surface area (Å²) in [7, 11) is -1.20. The first-order valence-electron chi connectivity index (χ1n) is 5.69. The minimum Gasteiger partial charge on any atom is -0.235 e. The summed E-state index contributed by atoms with van der Waals surface area (Å²) < 4.78 is 53.4.